The van der Waals surface area contributed by atoms with Crippen LogP contribution >= 0.6 is 23.2 Å². The lowest BCUT2D eigenvalue weighted by atomic mass is 10.2. The number of allylic oxidation sites excluding steroid dienone is 3. The summed E-state index contributed by atoms with van der Waals surface area (Å²) in [4.78, 5) is 30.7. The molecule has 1 aromatic rings. The smallest absolute Gasteiger partial charge is 0.433 e. The highest BCUT2D eigenvalue weighted by Gasteiger charge is 2.41. The van der Waals surface area contributed by atoms with E-state index in [2.05, 4.69) is 21.6 Å². The predicted octanol–water partition coefficient (Wildman–Crippen LogP) is 3.21. The lowest BCUT2D eigenvalue weighted by Gasteiger charge is -2.30. The predicted molar refractivity (Wildman–Crippen MR) is 117 cm³/mol. The molecule has 1 aliphatic rings. The number of urea groups is 2. The van der Waals surface area contributed by atoms with Crippen LogP contribution in [0, 0.1) is 0 Å². The van der Waals surface area contributed by atoms with Crippen LogP contribution in [0.25, 0.3) is 0 Å². The van der Waals surface area contributed by atoms with Gasteiger partial charge in [0.05, 0.1) is 23.9 Å². The van der Waals surface area contributed by atoms with Crippen LogP contribution in [-0.4, -0.2) is 54.3 Å². The molecule has 12 heteroatoms. The summed E-state index contributed by atoms with van der Waals surface area (Å²) in [6, 6.07) is 2.45. The van der Waals surface area contributed by atoms with Crippen LogP contribution < -0.4 is 15.0 Å². The number of carbonyl (C=O) groups excluding carboxylic acids is 2. The van der Waals surface area contributed by atoms with Gasteiger partial charge in [-0.3, -0.25) is 0 Å². The number of imide groups is 1. The topological polar surface area (TPSA) is 95.7 Å². The molecule has 2 rings (SSSR count). The summed E-state index contributed by atoms with van der Waals surface area (Å²) in [6.07, 6.45) is 4.92. The SMILES string of the molecule is C=C(Cl)C=CC(=CC)CN1C(=O)[NH+](CCO)C(=O)NC1=Nc1ccc(OC(F)F)c(Cl)c1. The molecule has 4 amide bonds. The Kier molecular flexibility index (Phi) is 9.33. The molecule has 0 bridgehead atoms. The number of nitrogens with zero attached hydrogens (tertiary/aromatic N) is 2. The van der Waals surface area contributed by atoms with Crippen LogP contribution in [0.4, 0.5) is 24.1 Å². The molecule has 3 N–H and O–H groups in total. The van der Waals surface area contributed by atoms with Gasteiger partial charge in [-0.1, -0.05) is 41.9 Å². The van der Waals surface area contributed by atoms with Gasteiger partial charge >= 0.3 is 18.7 Å². The van der Waals surface area contributed by atoms with Crippen LogP contribution in [0.3, 0.4) is 0 Å². The zero-order valence-corrected chi connectivity index (χ0v) is 18.5. The van der Waals surface area contributed by atoms with E-state index in [-0.39, 0.29) is 45.4 Å². The first kappa shape index (κ1) is 25.5. The van der Waals surface area contributed by atoms with E-state index in [4.69, 9.17) is 23.2 Å². The minimum atomic E-state index is -3.05. The van der Waals surface area contributed by atoms with Crippen molar-refractivity contribution in [3.05, 3.63) is 58.6 Å². The van der Waals surface area contributed by atoms with E-state index in [0.29, 0.717) is 5.57 Å². The van der Waals surface area contributed by atoms with E-state index in [0.717, 1.165) is 0 Å². The number of aliphatic hydroxyl groups excluding tert-OH is 1. The highest BCUT2D eigenvalue weighted by Crippen LogP contribution is 2.30. The number of benzene rings is 1. The number of rotatable bonds is 9. The Balaban J connectivity index is 2.42. The van der Waals surface area contributed by atoms with Crippen LogP contribution in [0.5, 0.6) is 5.75 Å². The number of carbonyl (C=O) groups is 2. The molecule has 8 nitrogen and oxygen atoms in total. The van der Waals surface area contributed by atoms with Gasteiger partial charge in [-0.05, 0) is 36.8 Å². The average molecular weight is 490 g/mol. The normalized spacial score (nSPS) is 18.6. The van der Waals surface area contributed by atoms with Gasteiger partial charge in [-0.15, -0.1) is 0 Å². The molecule has 0 spiro atoms. The Morgan fingerprint density at radius 1 is 1.41 bits per heavy atom. The molecule has 0 aliphatic carbocycles. The molecule has 1 fully saturated rings. The third-order valence-electron chi connectivity index (χ3n) is 4.18. The van der Waals surface area contributed by atoms with Crippen molar-refractivity contribution in [1.29, 1.82) is 0 Å². The van der Waals surface area contributed by atoms with E-state index in [1.807, 2.05) is 0 Å². The van der Waals surface area contributed by atoms with Gasteiger partial charge in [-0.2, -0.15) is 13.7 Å². The summed E-state index contributed by atoms with van der Waals surface area (Å²) >= 11 is 11.7. The maximum Gasteiger partial charge on any atom is 0.433 e. The fourth-order valence-corrected chi connectivity index (χ4v) is 2.94. The molecule has 32 heavy (non-hydrogen) atoms. The molecule has 1 aromatic carbocycles. The summed E-state index contributed by atoms with van der Waals surface area (Å²) in [6.45, 7) is 1.75. The Labute approximate surface area is 193 Å². The van der Waals surface area contributed by atoms with Gasteiger partial charge in [0.15, 0.2) is 0 Å². The number of amides is 4. The zero-order chi connectivity index (χ0) is 23.8. The number of quaternary nitrogens is 1. The van der Waals surface area contributed by atoms with Gasteiger partial charge < -0.3 is 9.84 Å². The Morgan fingerprint density at radius 3 is 2.69 bits per heavy atom. The highest BCUT2D eigenvalue weighted by atomic mass is 35.5. The van der Waals surface area contributed by atoms with Gasteiger partial charge in [-0.25, -0.2) is 24.8 Å². The zero-order valence-electron chi connectivity index (χ0n) is 16.9. The van der Waals surface area contributed by atoms with Crippen molar-refractivity contribution in [3.8, 4) is 5.75 Å². The first-order valence-electron chi connectivity index (χ1n) is 9.26. The Morgan fingerprint density at radius 2 is 2.12 bits per heavy atom. The van der Waals surface area contributed by atoms with Gasteiger partial charge in [0.1, 0.15) is 12.3 Å². The number of guanidine groups is 1. The van der Waals surface area contributed by atoms with Crippen LogP contribution in [0.2, 0.25) is 5.02 Å². The van der Waals surface area contributed by atoms with Gasteiger partial charge in [0.25, 0.3) is 0 Å². The van der Waals surface area contributed by atoms with E-state index >= 15 is 0 Å². The van der Waals surface area contributed by atoms with E-state index < -0.39 is 25.3 Å². The number of nitrogens with one attached hydrogen (secondary N) is 2. The quantitative estimate of drug-likeness (QED) is 0.464. The molecular weight excluding hydrogens is 469 g/mol. The maximum absolute atomic E-state index is 13.0. The van der Waals surface area contributed by atoms with Crippen LogP contribution in [0.1, 0.15) is 6.92 Å². The minimum absolute atomic E-state index is 0.0182. The molecule has 1 heterocycles. The van der Waals surface area contributed by atoms with Gasteiger partial charge in [0, 0.05) is 5.03 Å². The molecule has 0 radical (unpaired) electrons. The van der Waals surface area contributed by atoms with Crippen molar-refractivity contribution in [2.24, 2.45) is 4.99 Å². The maximum atomic E-state index is 13.0. The third-order valence-corrected chi connectivity index (χ3v) is 4.60. The van der Waals surface area contributed by atoms with Crippen LogP contribution in [-0.2, 0) is 0 Å². The Hall–Kier alpha value is -2.79. The van der Waals surface area contributed by atoms with E-state index in [1.54, 1.807) is 25.2 Å². The summed E-state index contributed by atoms with van der Waals surface area (Å²) in [5, 5.41) is 11.9. The fraction of sp³-hybridized carbons (Fsp3) is 0.250. The molecule has 1 atom stereocenters. The molecule has 0 aromatic heterocycles. The second-order valence-corrected chi connectivity index (χ2v) is 7.26. The second kappa shape index (κ2) is 11.7. The average Bonchev–Trinajstić information content (AvgIpc) is 2.72. The second-order valence-electron chi connectivity index (χ2n) is 6.37. The number of halogens is 4. The molecule has 0 saturated carbocycles. The first-order valence-corrected chi connectivity index (χ1v) is 10.0. The third kappa shape index (κ3) is 6.86. The van der Waals surface area contributed by atoms with E-state index in [1.165, 1.54) is 23.1 Å². The van der Waals surface area contributed by atoms with Crippen molar-refractivity contribution < 1.29 is 33.1 Å². The van der Waals surface area contributed by atoms with E-state index in [9.17, 15) is 23.5 Å². The molecule has 1 aliphatic heterocycles. The number of hydrogen-bond donors (Lipinski definition) is 3. The minimum Gasteiger partial charge on any atom is -0.433 e. The Bertz CT molecular complexity index is 982. The molecular formula is C20H21Cl2F2N4O4+. The molecule has 1 saturated heterocycles. The number of ether oxygens (including phenoxy) is 1. The highest BCUT2D eigenvalue weighted by molar-refractivity contribution is 6.32. The molecule has 172 valence electrons. The van der Waals surface area contributed by atoms with Crippen LogP contribution in [0.15, 0.2) is 58.6 Å². The summed E-state index contributed by atoms with van der Waals surface area (Å²) < 4.78 is 29.2. The summed E-state index contributed by atoms with van der Waals surface area (Å²) in [5.74, 6) is -0.342. The molecule has 1 unspecified atom stereocenters. The summed E-state index contributed by atoms with van der Waals surface area (Å²) in [5.41, 5.74) is 0.841. The lowest BCUT2D eigenvalue weighted by molar-refractivity contribution is -0.732. The number of aliphatic imine (C=N–C) groups is 1. The standard InChI is InChI=1S/C20H20Cl2F2N4O4/c1-3-13(5-4-12(2)21)11-28-18(26-19(30)27(8-9-29)20(28)31)25-14-6-7-16(15(22)10-14)32-17(23)24/h3-7,10,17,29H,2,8-9,11H2,1H3,(H,25,26,30)/p+1. The largest absolute Gasteiger partial charge is 0.433 e. The van der Waals surface area contributed by atoms with Crippen molar-refractivity contribution >= 4 is 46.9 Å². The monoisotopic (exact) mass is 489 g/mol. The van der Waals surface area contributed by atoms with Crippen molar-refractivity contribution in [2.75, 3.05) is 19.7 Å². The lowest BCUT2D eigenvalue weighted by Crippen LogP contribution is -3.22. The fourth-order valence-electron chi connectivity index (χ4n) is 2.66. The first-order chi connectivity index (χ1) is 15.2. The van der Waals surface area contributed by atoms with Crippen molar-refractivity contribution in [3.63, 3.8) is 0 Å². The van der Waals surface area contributed by atoms with Crippen molar-refractivity contribution in [2.45, 2.75) is 13.5 Å². The summed E-state index contributed by atoms with van der Waals surface area (Å²) in [7, 11) is 0. The van der Waals surface area contributed by atoms with Crippen molar-refractivity contribution in [1.82, 2.24) is 10.2 Å². The number of aliphatic hydroxyl groups is 1. The number of hydrogen-bond acceptors (Lipinski definition) is 5. The van der Waals surface area contributed by atoms with Gasteiger partial charge in [0.2, 0.25) is 5.96 Å². The number of alkyl halides is 2.